The van der Waals surface area contributed by atoms with E-state index in [4.69, 9.17) is 11.6 Å². The van der Waals surface area contributed by atoms with Crippen LogP contribution in [0.4, 0.5) is 0 Å². The fraction of sp³-hybridized carbons (Fsp3) is 0.273. The Balaban J connectivity index is 2.22. The van der Waals surface area contributed by atoms with Crippen LogP contribution in [0.2, 0.25) is 5.02 Å². The van der Waals surface area contributed by atoms with Gasteiger partial charge >= 0.3 is 0 Å². The summed E-state index contributed by atoms with van der Waals surface area (Å²) in [4.78, 5) is 4.18. The number of rotatable bonds is 4. The largest absolute Gasteiger partial charge is 0.313 e. The molecule has 1 N–H and O–H groups in total. The number of halogens is 1. The maximum Gasteiger partial charge on any atom is 0.0832 e. The molecule has 0 saturated carbocycles. The summed E-state index contributed by atoms with van der Waals surface area (Å²) in [5.74, 6) is 0. The average molecular weight is 237 g/mol. The van der Waals surface area contributed by atoms with Gasteiger partial charge < -0.3 is 5.32 Å². The number of aromatic nitrogens is 3. The van der Waals surface area contributed by atoms with Gasteiger partial charge in [0.1, 0.15) is 0 Å². The molecule has 0 bridgehead atoms. The van der Waals surface area contributed by atoms with Crippen LogP contribution in [0.1, 0.15) is 12.5 Å². The number of hydrogen-bond donors (Lipinski definition) is 1. The molecule has 2 aromatic rings. The van der Waals surface area contributed by atoms with E-state index in [1.807, 2.05) is 12.3 Å². The minimum Gasteiger partial charge on any atom is -0.313 e. The molecule has 0 saturated heterocycles. The summed E-state index contributed by atoms with van der Waals surface area (Å²) in [6, 6.07) is 2.04. The van der Waals surface area contributed by atoms with Crippen LogP contribution in [0.15, 0.2) is 30.9 Å². The van der Waals surface area contributed by atoms with Crippen LogP contribution in [-0.2, 0) is 6.54 Å². The lowest BCUT2D eigenvalue weighted by Crippen LogP contribution is -2.12. The molecule has 0 aromatic carbocycles. The van der Waals surface area contributed by atoms with Crippen molar-refractivity contribution < 1.29 is 0 Å². The van der Waals surface area contributed by atoms with E-state index in [0.29, 0.717) is 5.02 Å². The van der Waals surface area contributed by atoms with Gasteiger partial charge in [-0.25, -0.2) is 4.68 Å². The van der Waals surface area contributed by atoms with Crippen LogP contribution in [0.25, 0.3) is 5.69 Å². The second-order valence-corrected chi connectivity index (χ2v) is 3.87. The molecule has 0 aliphatic carbocycles. The second kappa shape index (κ2) is 5.09. The van der Waals surface area contributed by atoms with Gasteiger partial charge in [0.2, 0.25) is 0 Å². The summed E-state index contributed by atoms with van der Waals surface area (Å²) in [7, 11) is 0. The number of pyridine rings is 1. The number of nitrogens with zero attached hydrogens (tertiary/aromatic N) is 3. The van der Waals surface area contributed by atoms with Crippen molar-refractivity contribution in [3.63, 3.8) is 0 Å². The van der Waals surface area contributed by atoms with E-state index in [1.165, 1.54) is 0 Å². The summed E-state index contributed by atoms with van der Waals surface area (Å²) >= 11 is 5.82. The van der Waals surface area contributed by atoms with Crippen molar-refractivity contribution in [3.05, 3.63) is 41.4 Å². The van der Waals surface area contributed by atoms with E-state index >= 15 is 0 Å². The van der Waals surface area contributed by atoms with E-state index < -0.39 is 0 Å². The first-order valence-electron chi connectivity index (χ1n) is 5.15. The molecule has 0 unspecified atom stereocenters. The first kappa shape index (κ1) is 11.1. The fourth-order valence-corrected chi connectivity index (χ4v) is 1.54. The molecule has 0 aliphatic rings. The van der Waals surface area contributed by atoms with Crippen LogP contribution >= 0.6 is 11.6 Å². The third kappa shape index (κ3) is 2.59. The minimum absolute atomic E-state index is 0.622. The first-order chi connectivity index (χ1) is 7.79. The zero-order valence-corrected chi connectivity index (χ0v) is 9.78. The van der Waals surface area contributed by atoms with E-state index in [1.54, 1.807) is 23.3 Å². The van der Waals surface area contributed by atoms with Gasteiger partial charge in [0.05, 0.1) is 23.1 Å². The van der Waals surface area contributed by atoms with E-state index in [0.717, 1.165) is 24.3 Å². The Morgan fingerprint density at radius 1 is 1.38 bits per heavy atom. The molecule has 2 aromatic heterocycles. The van der Waals surface area contributed by atoms with Crippen molar-refractivity contribution in [1.82, 2.24) is 20.1 Å². The molecule has 0 amide bonds. The zero-order valence-electron chi connectivity index (χ0n) is 9.02. The van der Waals surface area contributed by atoms with Crippen molar-refractivity contribution in [2.45, 2.75) is 13.5 Å². The Hall–Kier alpha value is -1.39. The molecule has 2 rings (SSSR count). The second-order valence-electron chi connectivity index (χ2n) is 3.43. The van der Waals surface area contributed by atoms with Crippen molar-refractivity contribution in [2.24, 2.45) is 0 Å². The molecular formula is C11H13ClN4. The quantitative estimate of drug-likeness (QED) is 0.884. The Morgan fingerprint density at radius 2 is 2.25 bits per heavy atom. The summed E-state index contributed by atoms with van der Waals surface area (Å²) < 4.78 is 1.71. The van der Waals surface area contributed by atoms with Crippen LogP contribution in [0.3, 0.4) is 0 Å². The molecule has 2 heterocycles. The SMILES string of the molecule is CCNCc1cncc(-n2cc(Cl)cn2)c1. The van der Waals surface area contributed by atoms with E-state index in [2.05, 4.69) is 22.3 Å². The predicted molar refractivity (Wildman–Crippen MR) is 63.7 cm³/mol. The highest BCUT2D eigenvalue weighted by Gasteiger charge is 2.01. The maximum atomic E-state index is 5.82. The highest BCUT2D eigenvalue weighted by molar-refractivity contribution is 6.30. The topological polar surface area (TPSA) is 42.7 Å². The standard InChI is InChI=1S/C11H13ClN4/c1-2-13-4-9-3-11(7-14-5-9)16-8-10(12)6-15-16/h3,5-8,13H,2,4H2,1H3. The molecule has 0 radical (unpaired) electrons. The van der Waals surface area contributed by atoms with Crippen molar-refractivity contribution in [2.75, 3.05) is 6.54 Å². The van der Waals surface area contributed by atoms with Gasteiger partial charge in [0.15, 0.2) is 0 Å². The summed E-state index contributed by atoms with van der Waals surface area (Å²) in [5, 5.41) is 8.01. The molecular weight excluding hydrogens is 224 g/mol. The molecule has 84 valence electrons. The Morgan fingerprint density at radius 3 is 2.94 bits per heavy atom. The average Bonchev–Trinajstić information content (AvgIpc) is 2.74. The van der Waals surface area contributed by atoms with Crippen LogP contribution in [0, 0.1) is 0 Å². The number of nitrogens with one attached hydrogen (secondary N) is 1. The molecule has 0 atom stereocenters. The molecule has 0 spiro atoms. The van der Waals surface area contributed by atoms with Gasteiger partial charge in [-0.2, -0.15) is 5.10 Å². The van der Waals surface area contributed by atoms with Crippen molar-refractivity contribution >= 4 is 11.6 Å². The molecule has 0 fully saturated rings. The molecule has 4 nitrogen and oxygen atoms in total. The van der Waals surface area contributed by atoms with Gasteiger partial charge in [0, 0.05) is 18.9 Å². The normalized spacial score (nSPS) is 10.6. The molecule has 0 aliphatic heterocycles. The fourth-order valence-electron chi connectivity index (χ4n) is 1.41. The number of hydrogen-bond acceptors (Lipinski definition) is 3. The van der Waals surface area contributed by atoms with Crippen LogP contribution in [0.5, 0.6) is 0 Å². The lowest BCUT2D eigenvalue weighted by molar-refractivity contribution is 0.722. The lowest BCUT2D eigenvalue weighted by atomic mass is 10.2. The highest BCUT2D eigenvalue weighted by Crippen LogP contribution is 2.12. The van der Waals surface area contributed by atoms with Crippen LogP contribution < -0.4 is 5.32 Å². The Kier molecular flexibility index (Phi) is 3.54. The third-order valence-electron chi connectivity index (χ3n) is 2.18. The lowest BCUT2D eigenvalue weighted by Gasteiger charge is -2.04. The van der Waals surface area contributed by atoms with Gasteiger partial charge in [-0.15, -0.1) is 0 Å². The van der Waals surface area contributed by atoms with Gasteiger partial charge in [-0.1, -0.05) is 18.5 Å². The summed E-state index contributed by atoms with van der Waals surface area (Å²) in [6.07, 6.45) is 6.98. The molecule has 5 heteroatoms. The van der Waals surface area contributed by atoms with Gasteiger partial charge in [-0.3, -0.25) is 4.98 Å². The Bertz CT molecular complexity index is 467. The van der Waals surface area contributed by atoms with Gasteiger partial charge in [0.25, 0.3) is 0 Å². The van der Waals surface area contributed by atoms with E-state index in [-0.39, 0.29) is 0 Å². The smallest absolute Gasteiger partial charge is 0.0832 e. The van der Waals surface area contributed by atoms with E-state index in [9.17, 15) is 0 Å². The first-order valence-corrected chi connectivity index (χ1v) is 5.52. The Labute approximate surface area is 99.3 Å². The zero-order chi connectivity index (χ0) is 11.4. The maximum absolute atomic E-state index is 5.82. The highest BCUT2D eigenvalue weighted by atomic mass is 35.5. The van der Waals surface area contributed by atoms with Crippen molar-refractivity contribution in [3.8, 4) is 5.69 Å². The summed E-state index contributed by atoms with van der Waals surface area (Å²) in [6.45, 7) is 3.83. The predicted octanol–water partition coefficient (Wildman–Crippen LogP) is 2.03. The van der Waals surface area contributed by atoms with Crippen molar-refractivity contribution in [1.29, 1.82) is 0 Å². The van der Waals surface area contributed by atoms with Crippen LogP contribution in [-0.4, -0.2) is 21.3 Å². The monoisotopic (exact) mass is 236 g/mol. The molecule has 16 heavy (non-hydrogen) atoms. The van der Waals surface area contributed by atoms with Gasteiger partial charge in [-0.05, 0) is 18.2 Å². The third-order valence-corrected chi connectivity index (χ3v) is 2.37. The minimum atomic E-state index is 0.622. The summed E-state index contributed by atoms with van der Waals surface area (Å²) in [5.41, 5.74) is 2.05.